The summed E-state index contributed by atoms with van der Waals surface area (Å²) >= 11 is 5.81. The van der Waals surface area contributed by atoms with Crippen molar-refractivity contribution in [3.63, 3.8) is 0 Å². The van der Waals surface area contributed by atoms with E-state index in [1.165, 1.54) is 5.56 Å². The first-order chi connectivity index (χ1) is 11.3. The largest absolute Gasteiger partial charge is 0.478 e. The van der Waals surface area contributed by atoms with E-state index in [-0.39, 0.29) is 0 Å². The van der Waals surface area contributed by atoms with Crippen molar-refractivity contribution in [3.05, 3.63) is 58.7 Å². The Morgan fingerprint density at radius 3 is 2.74 bits per heavy atom. The number of nitrogens with one attached hydrogen (secondary N) is 1. The molecule has 1 N–H and O–H groups in total. The van der Waals surface area contributed by atoms with Gasteiger partial charge in [-0.2, -0.15) is 5.26 Å². The Morgan fingerprint density at radius 1 is 1.22 bits per heavy atom. The molecule has 2 aromatic rings. The fourth-order valence-electron chi connectivity index (χ4n) is 2.99. The number of nitriles is 1. The summed E-state index contributed by atoms with van der Waals surface area (Å²) in [5.74, 6) is 1.59. The molecule has 2 unspecified atom stereocenters. The third kappa shape index (κ3) is 4.01. The van der Waals surface area contributed by atoms with E-state index < -0.39 is 0 Å². The zero-order valence-electron chi connectivity index (χ0n) is 12.7. The van der Waals surface area contributed by atoms with Crippen LogP contribution in [0.3, 0.4) is 0 Å². The fourth-order valence-corrected chi connectivity index (χ4v) is 3.11. The van der Waals surface area contributed by atoms with Crippen molar-refractivity contribution >= 4 is 11.6 Å². The van der Waals surface area contributed by atoms with E-state index in [1.54, 1.807) is 18.3 Å². The Bertz CT molecular complexity index is 679. The third-order valence-corrected chi connectivity index (χ3v) is 4.47. The topological polar surface area (TPSA) is 57.9 Å². The van der Waals surface area contributed by atoms with E-state index in [4.69, 9.17) is 21.6 Å². The number of benzene rings is 1. The molecule has 0 aliphatic carbocycles. The highest BCUT2D eigenvalue weighted by Gasteiger charge is 2.28. The molecule has 0 amide bonds. The summed E-state index contributed by atoms with van der Waals surface area (Å²) in [6.45, 7) is 2.59. The Hall–Kier alpha value is -2.09. The number of pyridine rings is 1. The Labute approximate surface area is 141 Å². The molecule has 3 rings (SSSR count). The van der Waals surface area contributed by atoms with Gasteiger partial charge >= 0.3 is 0 Å². The molecule has 1 aromatic carbocycles. The fraction of sp³-hybridized carbons (Fsp3) is 0.333. The second kappa shape index (κ2) is 7.45. The third-order valence-electron chi connectivity index (χ3n) is 4.25. The van der Waals surface area contributed by atoms with Crippen LogP contribution in [-0.2, 0) is 0 Å². The van der Waals surface area contributed by atoms with Crippen molar-refractivity contribution in [2.24, 2.45) is 5.92 Å². The minimum atomic E-state index is 0.463. The van der Waals surface area contributed by atoms with Gasteiger partial charge in [-0.15, -0.1) is 0 Å². The van der Waals surface area contributed by atoms with Gasteiger partial charge in [-0.05, 0) is 42.6 Å². The van der Waals surface area contributed by atoms with Gasteiger partial charge < -0.3 is 10.1 Å². The van der Waals surface area contributed by atoms with Gasteiger partial charge in [0.2, 0.25) is 5.88 Å². The van der Waals surface area contributed by atoms with E-state index in [0.29, 0.717) is 34.9 Å². The van der Waals surface area contributed by atoms with Crippen LogP contribution in [-0.4, -0.2) is 24.7 Å². The van der Waals surface area contributed by atoms with E-state index in [9.17, 15) is 0 Å². The Morgan fingerprint density at radius 2 is 2.04 bits per heavy atom. The summed E-state index contributed by atoms with van der Waals surface area (Å²) in [7, 11) is 0. The van der Waals surface area contributed by atoms with Gasteiger partial charge in [-0.25, -0.2) is 4.98 Å². The maximum absolute atomic E-state index is 8.89. The standard InChI is InChI=1S/C18H18ClN3O/c19-16-5-6-18(22-11-16)23-8-7-15-10-21-12-17(15)14-3-1-13(9-20)2-4-14/h1-6,11,15,17,21H,7-8,10,12H2. The molecule has 1 aromatic heterocycles. The average molecular weight is 328 g/mol. The molecule has 5 heteroatoms. The molecule has 1 saturated heterocycles. The summed E-state index contributed by atoms with van der Waals surface area (Å²) in [5.41, 5.74) is 1.98. The predicted molar refractivity (Wildman–Crippen MR) is 89.6 cm³/mol. The van der Waals surface area contributed by atoms with Crippen LogP contribution < -0.4 is 10.1 Å². The molecule has 4 nitrogen and oxygen atoms in total. The molecule has 23 heavy (non-hydrogen) atoms. The molecule has 0 bridgehead atoms. The maximum Gasteiger partial charge on any atom is 0.213 e. The van der Waals surface area contributed by atoms with Crippen LogP contribution in [0.1, 0.15) is 23.5 Å². The highest BCUT2D eigenvalue weighted by atomic mass is 35.5. The van der Waals surface area contributed by atoms with Crippen molar-refractivity contribution in [1.29, 1.82) is 5.26 Å². The van der Waals surface area contributed by atoms with Crippen LogP contribution in [0.2, 0.25) is 5.02 Å². The van der Waals surface area contributed by atoms with Crippen LogP contribution in [0.15, 0.2) is 42.6 Å². The molecular weight excluding hydrogens is 310 g/mol. The van der Waals surface area contributed by atoms with Crippen LogP contribution in [0.5, 0.6) is 5.88 Å². The van der Waals surface area contributed by atoms with Crippen molar-refractivity contribution < 1.29 is 4.74 Å². The molecule has 2 heterocycles. The summed E-state index contributed by atoms with van der Waals surface area (Å²) in [6.07, 6.45) is 2.55. The molecular formula is C18H18ClN3O. The zero-order chi connectivity index (χ0) is 16.1. The molecule has 0 radical (unpaired) electrons. The van der Waals surface area contributed by atoms with E-state index >= 15 is 0 Å². The molecule has 1 aliphatic heterocycles. The zero-order valence-corrected chi connectivity index (χ0v) is 13.5. The average Bonchev–Trinajstić information content (AvgIpc) is 3.05. The number of aromatic nitrogens is 1. The Balaban J connectivity index is 1.56. The smallest absolute Gasteiger partial charge is 0.213 e. The molecule has 0 saturated carbocycles. The SMILES string of the molecule is N#Cc1ccc(C2CNCC2CCOc2ccc(Cl)cn2)cc1. The number of ether oxygens (including phenoxy) is 1. The minimum Gasteiger partial charge on any atom is -0.478 e. The van der Waals surface area contributed by atoms with Gasteiger partial charge in [-0.1, -0.05) is 23.7 Å². The van der Waals surface area contributed by atoms with Gasteiger partial charge in [0.25, 0.3) is 0 Å². The molecule has 118 valence electrons. The number of hydrogen-bond donors (Lipinski definition) is 1. The summed E-state index contributed by atoms with van der Waals surface area (Å²) in [5, 5.41) is 13.0. The van der Waals surface area contributed by atoms with E-state index in [0.717, 1.165) is 19.5 Å². The normalized spacial score (nSPS) is 20.2. The predicted octanol–water partition coefficient (Wildman–Crippen LogP) is 3.38. The summed E-state index contributed by atoms with van der Waals surface area (Å²) in [6, 6.07) is 13.6. The highest BCUT2D eigenvalue weighted by Crippen LogP contribution is 2.30. The van der Waals surface area contributed by atoms with Crippen molar-refractivity contribution in [3.8, 4) is 11.9 Å². The lowest BCUT2D eigenvalue weighted by atomic mass is 9.87. The van der Waals surface area contributed by atoms with Crippen LogP contribution in [0.25, 0.3) is 0 Å². The van der Waals surface area contributed by atoms with Crippen molar-refractivity contribution in [1.82, 2.24) is 10.3 Å². The molecule has 1 fully saturated rings. The van der Waals surface area contributed by atoms with Crippen molar-refractivity contribution in [2.75, 3.05) is 19.7 Å². The summed E-state index contributed by atoms with van der Waals surface area (Å²) in [4.78, 5) is 4.14. The van der Waals surface area contributed by atoms with Crippen LogP contribution >= 0.6 is 11.6 Å². The molecule has 2 atom stereocenters. The molecule has 1 aliphatic rings. The number of halogens is 1. The second-order valence-electron chi connectivity index (χ2n) is 5.71. The lowest BCUT2D eigenvalue weighted by molar-refractivity contribution is 0.267. The van der Waals surface area contributed by atoms with Gasteiger partial charge in [-0.3, -0.25) is 0 Å². The Kier molecular flexibility index (Phi) is 5.12. The van der Waals surface area contributed by atoms with E-state index in [2.05, 4.69) is 28.5 Å². The first kappa shape index (κ1) is 15.8. The first-order valence-electron chi connectivity index (χ1n) is 7.71. The van der Waals surface area contributed by atoms with Crippen LogP contribution in [0.4, 0.5) is 0 Å². The monoisotopic (exact) mass is 327 g/mol. The van der Waals surface area contributed by atoms with Crippen LogP contribution in [0, 0.1) is 17.2 Å². The number of rotatable bonds is 5. The van der Waals surface area contributed by atoms with Gasteiger partial charge in [0.1, 0.15) is 0 Å². The number of hydrogen-bond acceptors (Lipinski definition) is 4. The minimum absolute atomic E-state index is 0.463. The first-order valence-corrected chi connectivity index (χ1v) is 8.09. The number of nitrogens with zero attached hydrogens (tertiary/aromatic N) is 2. The maximum atomic E-state index is 8.89. The van der Waals surface area contributed by atoms with Gasteiger partial charge in [0.15, 0.2) is 0 Å². The van der Waals surface area contributed by atoms with Gasteiger partial charge in [0.05, 0.1) is 23.3 Å². The van der Waals surface area contributed by atoms with E-state index in [1.807, 2.05) is 12.1 Å². The lowest BCUT2D eigenvalue weighted by Gasteiger charge is -2.19. The van der Waals surface area contributed by atoms with Gasteiger partial charge in [0, 0.05) is 24.7 Å². The van der Waals surface area contributed by atoms with Crippen molar-refractivity contribution in [2.45, 2.75) is 12.3 Å². The molecule has 0 spiro atoms. The lowest BCUT2D eigenvalue weighted by Crippen LogP contribution is -2.15. The highest BCUT2D eigenvalue weighted by molar-refractivity contribution is 6.30. The second-order valence-corrected chi connectivity index (χ2v) is 6.15. The summed E-state index contributed by atoms with van der Waals surface area (Å²) < 4.78 is 5.70. The quantitative estimate of drug-likeness (QED) is 0.914.